The van der Waals surface area contributed by atoms with E-state index < -0.39 is 0 Å². The molecule has 1 aromatic heterocycles. The van der Waals surface area contributed by atoms with Gasteiger partial charge in [-0.05, 0) is 37.0 Å². The first kappa shape index (κ1) is 14.3. The van der Waals surface area contributed by atoms with Crippen molar-refractivity contribution in [3.05, 3.63) is 42.2 Å². The molecule has 2 aromatic rings. The summed E-state index contributed by atoms with van der Waals surface area (Å²) >= 11 is 0. The first-order valence-electron chi connectivity index (χ1n) is 7.06. The molecule has 1 atom stereocenters. The first-order chi connectivity index (χ1) is 9.72. The van der Waals surface area contributed by atoms with E-state index in [-0.39, 0.29) is 0 Å². The lowest BCUT2D eigenvalue weighted by molar-refractivity contribution is 0.461. The normalized spacial score (nSPS) is 11.9. The van der Waals surface area contributed by atoms with Crippen LogP contribution in [0.1, 0.15) is 38.7 Å². The molecule has 2 rings (SSSR count). The molecular weight excluding hydrogens is 250 g/mol. The molecule has 4 nitrogen and oxygen atoms in total. The zero-order valence-electron chi connectivity index (χ0n) is 12.3. The van der Waals surface area contributed by atoms with E-state index >= 15 is 0 Å². The van der Waals surface area contributed by atoms with Crippen LogP contribution in [0.15, 0.2) is 36.7 Å². The SMILES string of the molecule is CCNc1cc(Oc2ccc(C(C)CC)cc2)ncn1. The lowest BCUT2D eigenvalue weighted by Crippen LogP contribution is -2.00. The molecule has 4 heteroatoms. The van der Waals surface area contributed by atoms with Crippen molar-refractivity contribution in [3.63, 3.8) is 0 Å². The second-order valence-electron chi connectivity index (χ2n) is 4.75. The number of nitrogens with one attached hydrogen (secondary N) is 1. The molecule has 0 aliphatic heterocycles. The van der Waals surface area contributed by atoms with Crippen molar-refractivity contribution in [3.8, 4) is 11.6 Å². The van der Waals surface area contributed by atoms with Crippen LogP contribution in [0.2, 0.25) is 0 Å². The molecule has 0 bridgehead atoms. The van der Waals surface area contributed by atoms with E-state index in [0.29, 0.717) is 11.8 Å². The summed E-state index contributed by atoms with van der Waals surface area (Å²) in [4.78, 5) is 8.23. The van der Waals surface area contributed by atoms with Gasteiger partial charge in [0, 0.05) is 12.6 Å². The highest BCUT2D eigenvalue weighted by atomic mass is 16.5. The average Bonchev–Trinajstić information content (AvgIpc) is 2.48. The highest BCUT2D eigenvalue weighted by Gasteiger charge is 2.04. The standard InChI is InChI=1S/C16H21N3O/c1-4-12(3)13-6-8-14(9-7-13)20-16-10-15(17-5-2)18-11-19-16/h6-12H,4-5H2,1-3H3,(H,17,18,19). The third kappa shape index (κ3) is 3.70. The minimum atomic E-state index is 0.548. The van der Waals surface area contributed by atoms with E-state index in [2.05, 4.69) is 41.3 Å². The minimum absolute atomic E-state index is 0.548. The lowest BCUT2D eigenvalue weighted by Gasteiger charge is -2.10. The molecule has 20 heavy (non-hydrogen) atoms. The third-order valence-corrected chi connectivity index (χ3v) is 3.28. The Morgan fingerprint density at radius 2 is 1.90 bits per heavy atom. The second-order valence-corrected chi connectivity index (χ2v) is 4.75. The molecule has 106 valence electrons. The van der Waals surface area contributed by atoms with Gasteiger partial charge in [0.15, 0.2) is 0 Å². The number of nitrogens with zero attached hydrogens (tertiary/aromatic N) is 2. The van der Waals surface area contributed by atoms with Crippen molar-refractivity contribution in [1.29, 1.82) is 0 Å². The summed E-state index contributed by atoms with van der Waals surface area (Å²) in [7, 11) is 0. The maximum Gasteiger partial charge on any atom is 0.224 e. The largest absolute Gasteiger partial charge is 0.439 e. The van der Waals surface area contributed by atoms with Crippen LogP contribution in [-0.4, -0.2) is 16.5 Å². The molecule has 1 aromatic carbocycles. The number of hydrogen-bond donors (Lipinski definition) is 1. The van der Waals surface area contributed by atoms with Crippen LogP contribution in [-0.2, 0) is 0 Å². The van der Waals surface area contributed by atoms with Gasteiger partial charge in [-0.2, -0.15) is 0 Å². The number of hydrogen-bond acceptors (Lipinski definition) is 4. The van der Waals surface area contributed by atoms with Gasteiger partial charge in [0.05, 0.1) is 0 Å². The lowest BCUT2D eigenvalue weighted by atomic mass is 9.99. The number of anilines is 1. The predicted octanol–water partition coefficient (Wildman–Crippen LogP) is 4.21. The van der Waals surface area contributed by atoms with E-state index in [1.807, 2.05) is 19.1 Å². The van der Waals surface area contributed by atoms with Gasteiger partial charge in [-0.1, -0.05) is 26.0 Å². The fourth-order valence-electron chi connectivity index (χ4n) is 1.89. The van der Waals surface area contributed by atoms with E-state index in [4.69, 9.17) is 4.74 Å². The number of rotatable bonds is 6. The fraction of sp³-hybridized carbons (Fsp3) is 0.375. The smallest absolute Gasteiger partial charge is 0.224 e. The Hall–Kier alpha value is -2.10. The van der Waals surface area contributed by atoms with Crippen molar-refractivity contribution < 1.29 is 4.74 Å². The number of benzene rings is 1. The average molecular weight is 271 g/mol. The third-order valence-electron chi connectivity index (χ3n) is 3.28. The highest BCUT2D eigenvalue weighted by molar-refractivity contribution is 5.39. The van der Waals surface area contributed by atoms with Crippen molar-refractivity contribution in [2.45, 2.75) is 33.1 Å². The van der Waals surface area contributed by atoms with Gasteiger partial charge in [0.25, 0.3) is 0 Å². The van der Waals surface area contributed by atoms with Gasteiger partial charge in [-0.3, -0.25) is 0 Å². The Bertz CT molecular complexity index is 540. The zero-order chi connectivity index (χ0) is 14.4. The molecule has 0 saturated carbocycles. The fourth-order valence-corrected chi connectivity index (χ4v) is 1.89. The summed E-state index contributed by atoms with van der Waals surface area (Å²) in [5.41, 5.74) is 1.33. The molecule has 0 saturated heterocycles. The van der Waals surface area contributed by atoms with Crippen LogP contribution < -0.4 is 10.1 Å². The topological polar surface area (TPSA) is 47.0 Å². The molecule has 1 N–H and O–H groups in total. The highest BCUT2D eigenvalue weighted by Crippen LogP contribution is 2.24. The van der Waals surface area contributed by atoms with Crippen molar-refractivity contribution in [2.24, 2.45) is 0 Å². The Morgan fingerprint density at radius 1 is 1.15 bits per heavy atom. The number of ether oxygens (including phenoxy) is 1. The molecule has 1 heterocycles. The second kappa shape index (κ2) is 6.89. The van der Waals surface area contributed by atoms with Crippen molar-refractivity contribution >= 4 is 5.82 Å². The summed E-state index contributed by atoms with van der Waals surface area (Å²) in [6.45, 7) is 7.26. The molecule has 1 unspecified atom stereocenters. The zero-order valence-corrected chi connectivity index (χ0v) is 12.3. The van der Waals surface area contributed by atoms with Gasteiger partial charge < -0.3 is 10.1 Å². The molecule has 0 amide bonds. The molecule has 0 aliphatic rings. The van der Waals surface area contributed by atoms with E-state index in [0.717, 1.165) is 24.5 Å². The monoisotopic (exact) mass is 271 g/mol. The molecule has 0 fully saturated rings. The predicted molar refractivity (Wildman–Crippen MR) is 81.4 cm³/mol. The summed E-state index contributed by atoms with van der Waals surface area (Å²) in [5, 5.41) is 3.13. The van der Waals surface area contributed by atoms with Crippen molar-refractivity contribution in [1.82, 2.24) is 9.97 Å². The van der Waals surface area contributed by atoms with Crippen LogP contribution in [0.5, 0.6) is 11.6 Å². The summed E-state index contributed by atoms with van der Waals surface area (Å²) in [5.74, 6) is 2.68. The van der Waals surface area contributed by atoms with Crippen molar-refractivity contribution in [2.75, 3.05) is 11.9 Å². The van der Waals surface area contributed by atoms with Crippen LogP contribution >= 0.6 is 0 Å². The van der Waals surface area contributed by atoms with Crippen LogP contribution in [0.4, 0.5) is 5.82 Å². The van der Waals surface area contributed by atoms with Gasteiger partial charge in [-0.25, -0.2) is 9.97 Å². The Morgan fingerprint density at radius 3 is 2.55 bits per heavy atom. The van der Waals surface area contributed by atoms with E-state index in [1.165, 1.54) is 11.9 Å². The maximum absolute atomic E-state index is 5.74. The summed E-state index contributed by atoms with van der Waals surface area (Å²) in [6, 6.07) is 9.98. The molecule has 0 aliphatic carbocycles. The van der Waals surface area contributed by atoms with Gasteiger partial charge >= 0.3 is 0 Å². The van der Waals surface area contributed by atoms with Crippen LogP contribution in [0.25, 0.3) is 0 Å². The van der Waals surface area contributed by atoms with Gasteiger partial charge in [0.1, 0.15) is 17.9 Å². The number of aromatic nitrogens is 2. The van der Waals surface area contributed by atoms with Crippen LogP contribution in [0.3, 0.4) is 0 Å². The van der Waals surface area contributed by atoms with E-state index in [9.17, 15) is 0 Å². The Kier molecular flexibility index (Phi) is 4.93. The van der Waals surface area contributed by atoms with Gasteiger partial charge in [0.2, 0.25) is 5.88 Å². The maximum atomic E-state index is 5.74. The molecule has 0 radical (unpaired) electrons. The summed E-state index contributed by atoms with van der Waals surface area (Å²) < 4.78 is 5.74. The summed E-state index contributed by atoms with van der Waals surface area (Å²) in [6.07, 6.45) is 2.64. The quantitative estimate of drug-likeness (QED) is 0.854. The molecular formula is C16H21N3O. The van der Waals surface area contributed by atoms with Gasteiger partial charge in [-0.15, -0.1) is 0 Å². The van der Waals surface area contributed by atoms with Crippen LogP contribution in [0, 0.1) is 0 Å². The Labute approximate surface area is 120 Å². The van der Waals surface area contributed by atoms with E-state index in [1.54, 1.807) is 6.07 Å². The minimum Gasteiger partial charge on any atom is -0.439 e. The molecule has 0 spiro atoms. The Balaban J connectivity index is 2.08. The first-order valence-corrected chi connectivity index (χ1v) is 7.06.